The van der Waals surface area contributed by atoms with Gasteiger partial charge in [0, 0.05) is 6.92 Å². The van der Waals surface area contributed by atoms with E-state index in [0.29, 0.717) is 0 Å². The molecule has 4 nitrogen and oxygen atoms in total. The number of halogens is 1. The van der Waals surface area contributed by atoms with Crippen LogP contribution in [0, 0.1) is 0 Å². The van der Waals surface area contributed by atoms with Gasteiger partial charge in [-0.05, 0) is 6.92 Å². The largest absolute Gasteiger partial charge is 0.345 e. The molecular formula is C5H9IN2O2. The number of amides is 2. The Labute approximate surface area is 73.2 Å². The molecule has 1 atom stereocenters. The normalized spacial score (nSPS) is 11.9. The van der Waals surface area contributed by atoms with Gasteiger partial charge in [-0.15, -0.1) is 0 Å². The van der Waals surface area contributed by atoms with Crippen molar-refractivity contribution in [2.75, 3.05) is 0 Å². The summed E-state index contributed by atoms with van der Waals surface area (Å²) in [7, 11) is 0. The van der Waals surface area contributed by atoms with Crippen molar-refractivity contribution >= 4 is 34.7 Å². The lowest BCUT2D eigenvalue weighted by atomic mass is 10.3. The minimum atomic E-state index is -0.450. The summed E-state index contributed by atoms with van der Waals surface area (Å²) < 4.78 is 2.39. The maximum atomic E-state index is 10.7. The van der Waals surface area contributed by atoms with E-state index in [1.54, 1.807) is 29.8 Å². The molecule has 0 spiro atoms. The first kappa shape index (κ1) is 9.67. The van der Waals surface area contributed by atoms with Crippen LogP contribution in [0.15, 0.2) is 0 Å². The molecule has 0 bridgehead atoms. The third kappa shape index (κ3) is 3.65. The van der Waals surface area contributed by atoms with Gasteiger partial charge in [0.05, 0.1) is 22.9 Å². The summed E-state index contributed by atoms with van der Waals surface area (Å²) >= 11 is 1.72. The predicted molar refractivity (Wildman–Crippen MR) is 45.4 cm³/mol. The summed E-state index contributed by atoms with van der Waals surface area (Å²) in [4.78, 5) is 21.1. The van der Waals surface area contributed by atoms with Gasteiger partial charge >= 0.3 is 0 Å². The summed E-state index contributed by atoms with van der Waals surface area (Å²) in [5.41, 5.74) is 0. The second kappa shape index (κ2) is 4.48. The predicted octanol–water partition coefficient (Wildman–Crippen LogP) is -0.0228. The summed E-state index contributed by atoms with van der Waals surface area (Å²) in [6, 6.07) is -0.450. The van der Waals surface area contributed by atoms with E-state index in [-0.39, 0.29) is 11.8 Å². The number of rotatable bonds is 2. The van der Waals surface area contributed by atoms with Crippen molar-refractivity contribution in [3.8, 4) is 0 Å². The van der Waals surface area contributed by atoms with Crippen LogP contribution in [0.2, 0.25) is 0 Å². The van der Waals surface area contributed by atoms with Gasteiger partial charge < -0.3 is 5.32 Å². The van der Waals surface area contributed by atoms with Crippen molar-refractivity contribution in [3.63, 3.8) is 0 Å². The molecule has 0 aliphatic carbocycles. The fourth-order valence-electron chi connectivity index (χ4n) is 0.452. The Morgan fingerprint density at radius 3 is 2.30 bits per heavy atom. The van der Waals surface area contributed by atoms with Crippen molar-refractivity contribution in [2.24, 2.45) is 0 Å². The third-order valence-electron chi connectivity index (χ3n) is 0.906. The molecule has 1 unspecified atom stereocenters. The number of carbonyl (C=O) groups is 2. The molecule has 0 saturated carbocycles. The lowest BCUT2D eigenvalue weighted by Gasteiger charge is -2.08. The van der Waals surface area contributed by atoms with Crippen molar-refractivity contribution in [1.82, 2.24) is 8.85 Å². The smallest absolute Gasteiger partial charge is 0.250 e. The third-order valence-corrected chi connectivity index (χ3v) is 1.44. The van der Waals surface area contributed by atoms with Crippen LogP contribution in [0.4, 0.5) is 0 Å². The van der Waals surface area contributed by atoms with Crippen LogP contribution >= 0.6 is 22.9 Å². The van der Waals surface area contributed by atoms with E-state index >= 15 is 0 Å². The zero-order valence-electron chi connectivity index (χ0n) is 5.77. The quantitative estimate of drug-likeness (QED) is 0.538. The van der Waals surface area contributed by atoms with Crippen LogP contribution in [0.1, 0.15) is 13.8 Å². The summed E-state index contributed by atoms with van der Waals surface area (Å²) in [5.74, 6) is -0.400. The van der Waals surface area contributed by atoms with Crippen LogP contribution in [0.3, 0.4) is 0 Å². The van der Waals surface area contributed by atoms with Crippen LogP contribution < -0.4 is 8.85 Å². The molecule has 0 fully saturated rings. The molecule has 5 heteroatoms. The molecule has 0 rings (SSSR count). The topological polar surface area (TPSA) is 58.2 Å². The van der Waals surface area contributed by atoms with E-state index in [4.69, 9.17) is 0 Å². The average Bonchev–Trinajstić information content (AvgIpc) is 1.85. The molecule has 0 aromatic rings. The highest BCUT2D eigenvalue weighted by atomic mass is 127. The van der Waals surface area contributed by atoms with Gasteiger partial charge in [-0.25, -0.2) is 0 Å². The zero-order valence-corrected chi connectivity index (χ0v) is 7.93. The molecule has 0 aromatic heterocycles. The zero-order chi connectivity index (χ0) is 8.15. The van der Waals surface area contributed by atoms with Crippen LogP contribution in [-0.4, -0.2) is 17.9 Å². The first-order valence-corrected chi connectivity index (χ1v) is 3.83. The van der Waals surface area contributed by atoms with Crippen molar-refractivity contribution in [3.05, 3.63) is 0 Å². The van der Waals surface area contributed by atoms with Crippen molar-refractivity contribution in [2.45, 2.75) is 19.9 Å². The van der Waals surface area contributed by atoms with Gasteiger partial charge in [0.2, 0.25) is 5.91 Å². The Balaban J connectivity index is 3.72. The molecule has 0 aliphatic heterocycles. The Morgan fingerprint density at radius 1 is 1.50 bits per heavy atom. The first-order valence-electron chi connectivity index (χ1n) is 2.75. The van der Waals surface area contributed by atoms with Gasteiger partial charge in [-0.3, -0.25) is 13.1 Å². The molecule has 2 amide bonds. The highest BCUT2D eigenvalue weighted by molar-refractivity contribution is 14.1. The minimum absolute atomic E-state index is 0.198. The Morgan fingerprint density at radius 2 is 2.00 bits per heavy atom. The van der Waals surface area contributed by atoms with E-state index in [1.165, 1.54) is 6.92 Å². The molecule has 2 N–H and O–H groups in total. The van der Waals surface area contributed by atoms with Gasteiger partial charge in [-0.2, -0.15) is 0 Å². The number of nitrogens with one attached hydrogen (secondary N) is 2. The van der Waals surface area contributed by atoms with Crippen LogP contribution in [-0.2, 0) is 9.59 Å². The molecule has 58 valence electrons. The Hall–Kier alpha value is -0.330. The summed E-state index contributed by atoms with van der Waals surface area (Å²) in [6.45, 7) is 2.99. The van der Waals surface area contributed by atoms with Gasteiger partial charge in [0.1, 0.15) is 6.04 Å². The SMILES string of the molecule is CC(=O)NC(C)C(=O)NI. The van der Waals surface area contributed by atoms with Gasteiger partial charge in [0.25, 0.3) is 5.91 Å². The molecule has 0 radical (unpaired) electrons. The fourth-order valence-corrected chi connectivity index (χ4v) is 0.919. The van der Waals surface area contributed by atoms with Crippen molar-refractivity contribution < 1.29 is 9.59 Å². The molecule has 0 aliphatic rings. The lowest BCUT2D eigenvalue weighted by Crippen LogP contribution is -2.40. The van der Waals surface area contributed by atoms with Crippen LogP contribution in [0.5, 0.6) is 0 Å². The Bertz CT molecular complexity index is 149. The second-order valence-electron chi connectivity index (χ2n) is 1.88. The first-order chi connectivity index (χ1) is 4.57. The second-order valence-corrected chi connectivity index (χ2v) is 2.42. The van der Waals surface area contributed by atoms with E-state index in [9.17, 15) is 9.59 Å². The fraction of sp³-hybridized carbons (Fsp3) is 0.600. The lowest BCUT2D eigenvalue weighted by molar-refractivity contribution is -0.126. The standard InChI is InChI=1S/C5H9IN2O2/c1-3(5(10)8-6)7-4(2)9/h3H,1-2H3,(H,7,9)(H,8,10). The van der Waals surface area contributed by atoms with E-state index in [1.807, 2.05) is 0 Å². The van der Waals surface area contributed by atoms with E-state index in [2.05, 4.69) is 8.85 Å². The molecule has 0 heterocycles. The summed E-state index contributed by atoms with van der Waals surface area (Å²) in [5, 5.41) is 2.44. The number of hydrogen-bond donors (Lipinski definition) is 2. The molecular weight excluding hydrogens is 247 g/mol. The highest BCUT2D eigenvalue weighted by Crippen LogP contribution is 1.83. The monoisotopic (exact) mass is 256 g/mol. The highest BCUT2D eigenvalue weighted by Gasteiger charge is 2.10. The van der Waals surface area contributed by atoms with Crippen LogP contribution in [0.25, 0.3) is 0 Å². The number of hydrogen-bond acceptors (Lipinski definition) is 2. The van der Waals surface area contributed by atoms with Gasteiger partial charge in [0.15, 0.2) is 0 Å². The van der Waals surface area contributed by atoms with Gasteiger partial charge in [-0.1, -0.05) is 0 Å². The van der Waals surface area contributed by atoms with E-state index in [0.717, 1.165) is 0 Å². The molecule has 10 heavy (non-hydrogen) atoms. The van der Waals surface area contributed by atoms with E-state index < -0.39 is 6.04 Å². The summed E-state index contributed by atoms with van der Waals surface area (Å²) in [6.07, 6.45) is 0. The maximum absolute atomic E-state index is 10.7. The molecule has 0 saturated heterocycles. The Kier molecular flexibility index (Phi) is 4.33. The minimum Gasteiger partial charge on any atom is -0.345 e. The maximum Gasteiger partial charge on any atom is 0.250 e. The number of carbonyl (C=O) groups excluding carboxylic acids is 2. The molecule has 0 aromatic carbocycles. The average molecular weight is 256 g/mol. The van der Waals surface area contributed by atoms with Crippen molar-refractivity contribution in [1.29, 1.82) is 0 Å².